The predicted molar refractivity (Wildman–Crippen MR) is 58.7 cm³/mol. The van der Waals surface area contributed by atoms with Crippen LogP contribution in [-0.2, 0) is 14.4 Å². The molecule has 1 rings (SSSR count). The fourth-order valence-electron chi connectivity index (χ4n) is 1.93. The van der Waals surface area contributed by atoms with Crippen LogP contribution in [0.15, 0.2) is 0 Å². The number of hydrogen-bond donors (Lipinski definition) is 1. The number of carbonyl (C=O) groups excluding carboxylic acids is 3. The van der Waals surface area contributed by atoms with E-state index in [1.54, 1.807) is 4.90 Å². The zero-order valence-electron chi connectivity index (χ0n) is 9.78. The number of amides is 2. The molecule has 1 atom stereocenters. The van der Waals surface area contributed by atoms with Gasteiger partial charge in [-0.05, 0) is 19.8 Å². The molecular weight excluding hydrogens is 208 g/mol. The second kappa shape index (κ2) is 5.63. The van der Waals surface area contributed by atoms with Gasteiger partial charge in [-0.2, -0.15) is 0 Å². The Morgan fingerprint density at radius 1 is 1.31 bits per heavy atom. The predicted octanol–water partition coefficient (Wildman–Crippen LogP) is 0.0926. The summed E-state index contributed by atoms with van der Waals surface area (Å²) in [4.78, 5) is 35.0. The number of rotatable bonds is 3. The summed E-state index contributed by atoms with van der Waals surface area (Å²) in [6.45, 7) is 4.08. The molecule has 5 nitrogen and oxygen atoms in total. The van der Waals surface area contributed by atoms with Crippen molar-refractivity contribution in [2.75, 3.05) is 13.1 Å². The summed E-state index contributed by atoms with van der Waals surface area (Å²) in [6.07, 6.45) is 1.73. The Morgan fingerprint density at radius 2 is 2.00 bits per heavy atom. The van der Waals surface area contributed by atoms with E-state index in [0.29, 0.717) is 13.1 Å². The first-order valence-corrected chi connectivity index (χ1v) is 5.53. The molecule has 1 unspecified atom stereocenters. The zero-order valence-corrected chi connectivity index (χ0v) is 9.78. The lowest BCUT2D eigenvalue weighted by atomic mass is 10.1. The largest absolute Gasteiger partial charge is 0.352 e. The lowest BCUT2D eigenvalue weighted by Gasteiger charge is -2.32. The van der Waals surface area contributed by atoms with Crippen molar-refractivity contribution in [3.05, 3.63) is 0 Å². The summed E-state index contributed by atoms with van der Waals surface area (Å²) in [5, 5.41) is 2.80. The third kappa shape index (κ3) is 4.00. The first kappa shape index (κ1) is 12.7. The Hall–Kier alpha value is -1.39. The SMILES string of the molecule is CC(=O)CC(=O)N1CCCC(NC(C)=O)C1. The molecule has 1 fully saturated rings. The van der Waals surface area contributed by atoms with Crippen LogP contribution in [0.1, 0.15) is 33.1 Å². The summed E-state index contributed by atoms with van der Waals surface area (Å²) in [7, 11) is 0. The molecule has 0 aliphatic carbocycles. The van der Waals surface area contributed by atoms with Gasteiger partial charge in [0.15, 0.2) is 0 Å². The van der Waals surface area contributed by atoms with Crippen LogP contribution in [0.3, 0.4) is 0 Å². The summed E-state index contributed by atoms with van der Waals surface area (Å²) in [5.41, 5.74) is 0. The van der Waals surface area contributed by atoms with Crippen molar-refractivity contribution in [3.63, 3.8) is 0 Å². The molecule has 5 heteroatoms. The average molecular weight is 226 g/mol. The van der Waals surface area contributed by atoms with E-state index in [0.717, 1.165) is 12.8 Å². The molecular formula is C11H18N2O3. The molecule has 1 N–H and O–H groups in total. The highest BCUT2D eigenvalue weighted by Gasteiger charge is 2.24. The number of likely N-dealkylation sites (tertiary alicyclic amines) is 1. The van der Waals surface area contributed by atoms with Gasteiger partial charge in [0.25, 0.3) is 0 Å². The third-order valence-corrected chi connectivity index (χ3v) is 2.58. The number of nitrogens with zero attached hydrogens (tertiary/aromatic N) is 1. The van der Waals surface area contributed by atoms with Gasteiger partial charge < -0.3 is 10.2 Å². The van der Waals surface area contributed by atoms with Crippen molar-refractivity contribution >= 4 is 17.6 Å². The Balaban J connectivity index is 2.46. The van der Waals surface area contributed by atoms with Crippen LogP contribution in [0, 0.1) is 0 Å². The summed E-state index contributed by atoms with van der Waals surface area (Å²) >= 11 is 0. The quantitative estimate of drug-likeness (QED) is 0.694. The first-order chi connectivity index (χ1) is 7.49. The van der Waals surface area contributed by atoms with Crippen molar-refractivity contribution in [3.8, 4) is 0 Å². The van der Waals surface area contributed by atoms with Gasteiger partial charge in [0.05, 0.1) is 6.42 Å². The van der Waals surface area contributed by atoms with E-state index < -0.39 is 0 Å². The van der Waals surface area contributed by atoms with Crippen molar-refractivity contribution in [2.24, 2.45) is 0 Å². The number of carbonyl (C=O) groups is 3. The van der Waals surface area contributed by atoms with E-state index in [9.17, 15) is 14.4 Å². The maximum absolute atomic E-state index is 11.6. The second-order valence-corrected chi connectivity index (χ2v) is 4.26. The fourth-order valence-corrected chi connectivity index (χ4v) is 1.93. The maximum atomic E-state index is 11.6. The molecule has 1 saturated heterocycles. The molecule has 0 radical (unpaired) electrons. The van der Waals surface area contributed by atoms with E-state index in [2.05, 4.69) is 5.32 Å². The standard InChI is InChI=1S/C11H18N2O3/c1-8(14)6-11(16)13-5-3-4-10(7-13)12-9(2)15/h10H,3-7H2,1-2H3,(H,12,15). The topological polar surface area (TPSA) is 66.5 Å². The molecule has 2 amide bonds. The van der Waals surface area contributed by atoms with Crippen molar-refractivity contribution in [1.29, 1.82) is 0 Å². The molecule has 0 aromatic heterocycles. The van der Waals surface area contributed by atoms with Crippen LogP contribution >= 0.6 is 0 Å². The lowest BCUT2D eigenvalue weighted by molar-refractivity contribution is -0.136. The van der Waals surface area contributed by atoms with Gasteiger partial charge in [-0.25, -0.2) is 0 Å². The maximum Gasteiger partial charge on any atom is 0.230 e. The van der Waals surface area contributed by atoms with E-state index >= 15 is 0 Å². The Kier molecular flexibility index (Phi) is 4.46. The van der Waals surface area contributed by atoms with Crippen molar-refractivity contribution in [2.45, 2.75) is 39.2 Å². The minimum atomic E-state index is -0.137. The van der Waals surface area contributed by atoms with E-state index in [-0.39, 0.29) is 30.1 Å². The Labute approximate surface area is 95.2 Å². The Morgan fingerprint density at radius 3 is 2.56 bits per heavy atom. The van der Waals surface area contributed by atoms with Gasteiger partial charge in [-0.3, -0.25) is 14.4 Å². The molecule has 0 aromatic rings. The van der Waals surface area contributed by atoms with Gasteiger partial charge in [0.2, 0.25) is 11.8 Å². The summed E-state index contributed by atoms with van der Waals surface area (Å²) in [6, 6.07) is 0.0298. The number of piperidine rings is 1. The minimum absolute atomic E-state index is 0.0298. The molecule has 1 aliphatic rings. The number of nitrogens with one attached hydrogen (secondary N) is 1. The van der Waals surface area contributed by atoms with Crippen LogP contribution in [0.25, 0.3) is 0 Å². The second-order valence-electron chi connectivity index (χ2n) is 4.26. The van der Waals surface area contributed by atoms with Gasteiger partial charge in [-0.1, -0.05) is 0 Å². The number of ketones is 1. The van der Waals surface area contributed by atoms with Gasteiger partial charge in [0, 0.05) is 26.1 Å². The molecule has 0 bridgehead atoms. The molecule has 16 heavy (non-hydrogen) atoms. The first-order valence-electron chi connectivity index (χ1n) is 5.53. The van der Waals surface area contributed by atoms with E-state index in [1.807, 2.05) is 0 Å². The molecule has 0 aromatic carbocycles. The number of Topliss-reactive ketones (excluding diaryl/α,β-unsaturated/α-hetero) is 1. The number of hydrogen-bond acceptors (Lipinski definition) is 3. The van der Waals surface area contributed by atoms with Crippen molar-refractivity contribution < 1.29 is 14.4 Å². The van der Waals surface area contributed by atoms with Crippen LogP contribution in [0.5, 0.6) is 0 Å². The minimum Gasteiger partial charge on any atom is -0.352 e. The zero-order chi connectivity index (χ0) is 12.1. The third-order valence-electron chi connectivity index (χ3n) is 2.58. The van der Waals surface area contributed by atoms with Gasteiger partial charge in [-0.15, -0.1) is 0 Å². The molecule has 1 heterocycles. The highest BCUT2D eigenvalue weighted by atomic mass is 16.2. The molecule has 1 aliphatic heterocycles. The van der Waals surface area contributed by atoms with Crippen LogP contribution in [-0.4, -0.2) is 41.6 Å². The highest BCUT2D eigenvalue weighted by Crippen LogP contribution is 2.11. The van der Waals surface area contributed by atoms with Crippen LogP contribution in [0.4, 0.5) is 0 Å². The molecule has 0 saturated carbocycles. The Bertz CT molecular complexity index is 302. The highest BCUT2D eigenvalue weighted by molar-refractivity contribution is 5.96. The molecule has 90 valence electrons. The van der Waals surface area contributed by atoms with Crippen LogP contribution < -0.4 is 5.32 Å². The monoisotopic (exact) mass is 226 g/mol. The van der Waals surface area contributed by atoms with Crippen LogP contribution in [0.2, 0.25) is 0 Å². The average Bonchev–Trinajstić information content (AvgIpc) is 2.16. The summed E-state index contributed by atoms with van der Waals surface area (Å²) in [5.74, 6) is -0.333. The van der Waals surface area contributed by atoms with E-state index in [4.69, 9.17) is 0 Å². The smallest absolute Gasteiger partial charge is 0.230 e. The van der Waals surface area contributed by atoms with Gasteiger partial charge >= 0.3 is 0 Å². The lowest BCUT2D eigenvalue weighted by Crippen LogP contribution is -2.49. The fraction of sp³-hybridized carbons (Fsp3) is 0.727. The molecule has 0 spiro atoms. The van der Waals surface area contributed by atoms with Gasteiger partial charge in [0.1, 0.15) is 5.78 Å². The summed E-state index contributed by atoms with van der Waals surface area (Å²) < 4.78 is 0. The normalized spacial score (nSPS) is 20.4. The van der Waals surface area contributed by atoms with Crippen molar-refractivity contribution in [1.82, 2.24) is 10.2 Å². The van der Waals surface area contributed by atoms with E-state index in [1.165, 1.54) is 13.8 Å².